The molecule has 0 amide bonds. The molecule has 0 unspecified atom stereocenters. The fourth-order valence-corrected chi connectivity index (χ4v) is 1.22. The molecule has 0 aliphatic rings. The van der Waals surface area contributed by atoms with Crippen LogP contribution in [0.15, 0.2) is 35.3 Å². The van der Waals surface area contributed by atoms with E-state index in [0.717, 1.165) is 11.0 Å². The molecule has 2 aromatic rings. The molecule has 0 N–H and O–H groups in total. The fraction of sp³-hybridized carbons (Fsp3) is 0.0909. The molecule has 0 aliphatic carbocycles. The minimum atomic E-state index is -0.249. The number of hydrogen-bond acceptors (Lipinski definition) is 1. The van der Waals surface area contributed by atoms with E-state index in [1.807, 2.05) is 6.92 Å². The van der Waals surface area contributed by atoms with E-state index in [1.54, 1.807) is 12.1 Å². The van der Waals surface area contributed by atoms with E-state index in [-0.39, 0.29) is 5.82 Å². The minimum absolute atomic E-state index is 0.249. The highest BCUT2D eigenvalue weighted by molar-refractivity contribution is 5.81. The van der Waals surface area contributed by atoms with Crippen LogP contribution in [-0.4, -0.2) is 0 Å². The molecule has 0 spiro atoms. The number of fused-ring (bicyclic) bond motifs is 1. The van der Waals surface area contributed by atoms with Crippen molar-refractivity contribution in [3.63, 3.8) is 0 Å². The summed E-state index contributed by atoms with van der Waals surface area (Å²) >= 11 is 0. The highest BCUT2D eigenvalue weighted by Crippen LogP contribution is 2.23. The van der Waals surface area contributed by atoms with Gasteiger partial charge in [-0.25, -0.2) is 4.39 Å². The van der Waals surface area contributed by atoms with E-state index >= 15 is 0 Å². The van der Waals surface area contributed by atoms with Crippen molar-refractivity contribution in [2.45, 2.75) is 6.92 Å². The van der Waals surface area contributed by atoms with Crippen molar-refractivity contribution in [3.8, 4) is 0 Å². The van der Waals surface area contributed by atoms with Gasteiger partial charge in [-0.15, -0.1) is 0 Å². The standard InChI is InChI=1S/C11H9FO/c1-7(2)11-6-8-5-9(12)3-4-10(8)13-11/h3-6H,1H2,2H3. The monoisotopic (exact) mass is 176 g/mol. The second-order valence-corrected chi connectivity index (χ2v) is 3.07. The SMILES string of the molecule is C=C(C)c1cc2cc(F)ccc2o1. The van der Waals surface area contributed by atoms with Gasteiger partial charge in [0.2, 0.25) is 0 Å². The molecule has 2 rings (SSSR count). The van der Waals surface area contributed by atoms with Crippen molar-refractivity contribution in [3.05, 3.63) is 42.4 Å². The Morgan fingerprint density at radius 2 is 2.15 bits per heavy atom. The molecular weight excluding hydrogens is 167 g/mol. The van der Waals surface area contributed by atoms with Crippen LogP contribution < -0.4 is 0 Å². The number of allylic oxidation sites excluding steroid dienone is 1. The first-order valence-electron chi connectivity index (χ1n) is 4.02. The smallest absolute Gasteiger partial charge is 0.135 e. The summed E-state index contributed by atoms with van der Waals surface area (Å²) < 4.78 is 18.2. The van der Waals surface area contributed by atoms with E-state index in [4.69, 9.17) is 4.42 Å². The van der Waals surface area contributed by atoms with Gasteiger partial charge in [0.1, 0.15) is 17.2 Å². The van der Waals surface area contributed by atoms with Crippen LogP contribution in [0, 0.1) is 5.82 Å². The third kappa shape index (κ3) is 1.35. The van der Waals surface area contributed by atoms with E-state index in [9.17, 15) is 4.39 Å². The molecule has 1 aromatic heterocycles. The lowest BCUT2D eigenvalue weighted by molar-refractivity contribution is 0.596. The molecule has 2 heteroatoms. The van der Waals surface area contributed by atoms with Gasteiger partial charge in [-0.3, -0.25) is 0 Å². The van der Waals surface area contributed by atoms with E-state index in [2.05, 4.69) is 6.58 Å². The average Bonchev–Trinajstić information content (AvgIpc) is 2.46. The Morgan fingerprint density at radius 3 is 2.85 bits per heavy atom. The molecule has 0 atom stereocenters. The van der Waals surface area contributed by atoms with Crippen LogP contribution in [0.25, 0.3) is 16.5 Å². The van der Waals surface area contributed by atoms with Gasteiger partial charge in [0, 0.05) is 5.39 Å². The zero-order chi connectivity index (χ0) is 9.42. The molecular formula is C11H9FO. The molecule has 1 heterocycles. The average molecular weight is 176 g/mol. The lowest BCUT2D eigenvalue weighted by Gasteiger charge is -1.88. The molecule has 0 fully saturated rings. The van der Waals surface area contributed by atoms with Crippen molar-refractivity contribution in [2.75, 3.05) is 0 Å². The van der Waals surface area contributed by atoms with Crippen molar-refractivity contribution in [2.24, 2.45) is 0 Å². The van der Waals surface area contributed by atoms with Gasteiger partial charge in [-0.2, -0.15) is 0 Å². The highest BCUT2D eigenvalue weighted by Gasteiger charge is 2.04. The molecule has 0 saturated carbocycles. The number of benzene rings is 1. The molecule has 0 bridgehead atoms. The van der Waals surface area contributed by atoms with Crippen LogP contribution >= 0.6 is 0 Å². The molecule has 0 aliphatic heterocycles. The lowest BCUT2D eigenvalue weighted by atomic mass is 10.2. The Morgan fingerprint density at radius 1 is 1.38 bits per heavy atom. The van der Waals surface area contributed by atoms with Crippen LogP contribution in [0.2, 0.25) is 0 Å². The largest absolute Gasteiger partial charge is 0.456 e. The normalized spacial score (nSPS) is 10.6. The summed E-state index contributed by atoms with van der Waals surface area (Å²) in [5.74, 6) is 0.460. The molecule has 0 radical (unpaired) electrons. The zero-order valence-electron chi connectivity index (χ0n) is 7.30. The van der Waals surface area contributed by atoms with Gasteiger partial charge in [0.15, 0.2) is 0 Å². The van der Waals surface area contributed by atoms with Crippen LogP contribution in [-0.2, 0) is 0 Å². The summed E-state index contributed by atoms with van der Waals surface area (Å²) in [6, 6.07) is 6.25. The Bertz CT molecular complexity index is 468. The summed E-state index contributed by atoms with van der Waals surface area (Å²) in [6.07, 6.45) is 0. The molecule has 13 heavy (non-hydrogen) atoms. The van der Waals surface area contributed by atoms with E-state index < -0.39 is 0 Å². The second kappa shape index (κ2) is 2.73. The third-order valence-corrected chi connectivity index (χ3v) is 1.90. The molecule has 1 aromatic carbocycles. The highest BCUT2D eigenvalue weighted by atomic mass is 19.1. The third-order valence-electron chi connectivity index (χ3n) is 1.90. The summed E-state index contributed by atoms with van der Waals surface area (Å²) in [4.78, 5) is 0. The van der Waals surface area contributed by atoms with Gasteiger partial charge >= 0.3 is 0 Å². The summed E-state index contributed by atoms with van der Waals surface area (Å²) in [5, 5.41) is 0.776. The predicted octanol–water partition coefficient (Wildman–Crippen LogP) is 3.61. The predicted molar refractivity (Wildman–Crippen MR) is 50.9 cm³/mol. The first-order valence-corrected chi connectivity index (χ1v) is 4.02. The molecule has 0 saturated heterocycles. The maximum atomic E-state index is 12.8. The second-order valence-electron chi connectivity index (χ2n) is 3.07. The van der Waals surface area contributed by atoms with Gasteiger partial charge in [-0.1, -0.05) is 6.58 Å². The van der Waals surface area contributed by atoms with Gasteiger partial charge in [0.25, 0.3) is 0 Å². The van der Waals surface area contributed by atoms with Gasteiger partial charge < -0.3 is 4.42 Å². The van der Waals surface area contributed by atoms with E-state index in [1.165, 1.54) is 12.1 Å². The number of hydrogen-bond donors (Lipinski definition) is 0. The maximum absolute atomic E-state index is 12.8. The molecule has 1 nitrogen and oxygen atoms in total. The maximum Gasteiger partial charge on any atom is 0.135 e. The Labute approximate surface area is 75.5 Å². The zero-order valence-corrected chi connectivity index (χ0v) is 7.30. The van der Waals surface area contributed by atoms with Gasteiger partial charge in [-0.05, 0) is 36.8 Å². The number of furan rings is 1. The van der Waals surface area contributed by atoms with Crippen LogP contribution in [0.4, 0.5) is 4.39 Å². The topological polar surface area (TPSA) is 13.1 Å². The molecule has 66 valence electrons. The summed E-state index contributed by atoms with van der Waals surface area (Å²) in [7, 11) is 0. The van der Waals surface area contributed by atoms with Crippen molar-refractivity contribution in [1.82, 2.24) is 0 Å². The van der Waals surface area contributed by atoms with Gasteiger partial charge in [0.05, 0.1) is 0 Å². The van der Waals surface area contributed by atoms with Crippen molar-refractivity contribution >= 4 is 16.5 Å². The van der Waals surface area contributed by atoms with Crippen molar-refractivity contribution in [1.29, 1.82) is 0 Å². The first kappa shape index (κ1) is 8.05. The Balaban J connectivity index is 2.68. The first-order chi connectivity index (χ1) is 6.16. The lowest BCUT2D eigenvalue weighted by Crippen LogP contribution is -1.69. The number of rotatable bonds is 1. The Kier molecular flexibility index (Phi) is 1.69. The Hall–Kier alpha value is -1.57. The van der Waals surface area contributed by atoms with E-state index in [0.29, 0.717) is 11.3 Å². The van der Waals surface area contributed by atoms with Crippen LogP contribution in [0.3, 0.4) is 0 Å². The summed E-state index contributed by atoms with van der Waals surface area (Å²) in [6.45, 7) is 5.61. The number of halogens is 1. The van der Waals surface area contributed by atoms with Crippen LogP contribution in [0.1, 0.15) is 12.7 Å². The quantitative estimate of drug-likeness (QED) is 0.647. The fourth-order valence-electron chi connectivity index (χ4n) is 1.22. The summed E-state index contributed by atoms with van der Waals surface area (Å²) in [5.41, 5.74) is 1.54. The van der Waals surface area contributed by atoms with Crippen LogP contribution in [0.5, 0.6) is 0 Å². The minimum Gasteiger partial charge on any atom is -0.456 e. The van der Waals surface area contributed by atoms with Crippen molar-refractivity contribution < 1.29 is 8.81 Å².